The Hall–Kier alpha value is -2.31. The Morgan fingerprint density at radius 1 is 0.561 bits per heavy atom. The van der Waals surface area contributed by atoms with Gasteiger partial charge in [-0.25, -0.2) is 9.59 Å². The number of rotatable bonds is 5. The molecule has 0 heterocycles. The van der Waals surface area contributed by atoms with E-state index >= 15 is 0 Å². The second kappa shape index (κ2) is 16.4. The summed E-state index contributed by atoms with van der Waals surface area (Å²) < 4.78 is 0. The van der Waals surface area contributed by atoms with Crippen LogP contribution in [0.4, 0.5) is 11.4 Å². The zero-order valence-corrected chi connectivity index (χ0v) is 24.9. The van der Waals surface area contributed by atoms with Crippen LogP contribution < -0.4 is 11.5 Å². The van der Waals surface area contributed by atoms with Crippen molar-refractivity contribution in [1.29, 1.82) is 0 Å². The van der Waals surface area contributed by atoms with Crippen molar-refractivity contribution in [2.24, 2.45) is 0 Å². The minimum Gasteiger partial charge on any atom is -0.478 e. The van der Waals surface area contributed by atoms with E-state index in [2.05, 4.69) is 25.7 Å². The van der Waals surface area contributed by atoms with Gasteiger partial charge in [0.15, 0.2) is 0 Å². The van der Waals surface area contributed by atoms with Gasteiger partial charge in [0.1, 0.15) is 0 Å². The Morgan fingerprint density at radius 3 is 1.24 bits per heavy atom. The molecule has 6 nitrogen and oxygen atoms in total. The molecule has 0 unspecified atom stereocenters. The summed E-state index contributed by atoms with van der Waals surface area (Å²) >= 11 is 0. The first kappa shape index (κ1) is 33.2. The average molecular weight is 587 g/mol. The first-order chi connectivity index (χ1) is 19.3. The van der Waals surface area contributed by atoms with Crippen molar-refractivity contribution in [1.82, 2.24) is 0 Å². The van der Waals surface area contributed by atoms with Gasteiger partial charge in [0.25, 0.3) is 0 Å². The van der Waals surface area contributed by atoms with E-state index in [1.165, 1.54) is 88.5 Å². The molecule has 4 saturated carbocycles. The van der Waals surface area contributed by atoms with Gasteiger partial charge in [-0.15, -0.1) is 0 Å². The van der Waals surface area contributed by atoms with E-state index in [4.69, 9.17) is 21.7 Å². The van der Waals surface area contributed by atoms with Crippen molar-refractivity contribution in [3.63, 3.8) is 0 Å². The average Bonchev–Trinajstić information content (AvgIpc) is 3.57. The second-order valence-electron chi connectivity index (χ2n) is 10.5. The first-order valence-corrected chi connectivity index (χ1v) is 14.0. The van der Waals surface area contributed by atoms with E-state index in [9.17, 15) is 9.59 Å². The summed E-state index contributed by atoms with van der Waals surface area (Å²) in [5.74, 6) is 8.14. The molecular weight excluding hydrogens is 548 g/mol. The number of fused-ring (bicyclic) bond motifs is 2. The molecule has 0 spiro atoms. The maximum atomic E-state index is 10.3. The molecule has 4 aliphatic carbocycles. The monoisotopic (exact) mass is 586 g/mol. The number of carboxylic acid groups (broad SMARTS) is 2. The molecule has 0 saturated heterocycles. The van der Waals surface area contributed by atoms with E-state index in [-0.39, 0.29) is 32.8 Å². The fourth-order valence-electron chi connectivity index (χ4n) is 5.55. The summed E-state index contributed by atoms with van der Waals surface area (Å²) in [6.07, 6.45) is 23.0. The fraction of sp³-hybridized carbons (Fsp3) is 0.294. The molecule has 4 aliphatic rings. The molecule has 41 heavy (non-hydrogen) atoms. The van der Waals surface area contributed by atoms with Gasteiger partial charge in [0.2, 0.25) is 0 Å². The minimum absolute atomic E-state index is 0. The van der Waals surface area contributed by atoms with Crippen LogP contribution in [0, 0.1) is 61.2 Å². The topological polar surface area (TPSA) is 127 Å². The van der Waals surface area contributed by atoms with Crippen molar-refractivity contribution in [2.75, 3.05) is 11.5 Å². The Bertz CT molecular complexity index is 1000. The zero-order chi connectivity index (χ0) is 28.5. The number of aromatic carboxylic acids is 2. The number of nitrogens with two attached hydrogens (primary N) is 2. The number of benzene rings is 2. The quantitative estimate of drug-likeness (QED) is 0.218. The van der Waals surface area contributed by atoms with E-state index < -0.39 is 11.9 Å². The maximum Gasteiger partial charge on any atom is 2.00 e. The summed E-state index contributed by atoms with van der Waals surface area (Å²) in [6, 6.07) is 12.1. The smallest absolute Gasteiger partial charge is 0.478 e. The molecule has 0 amide bonds. The summed E-state index contributed by atoms with van der Waals surface area (Å²) in [5.41, 5.74) is 12.3. The van der Waals surface area contributed by atoms with Gasteiger partial charge in [-0.05, 0) is 148 Å². The molecule has 2 aromatic carbocycles. The summed E-state index contributed by atoms with van der Waals surface area (Å²) in [7, 11) is 0. The van der Waals surface area contributed by atoms with E-state index in [1.807, 2.05) is 0 Å². The molecule has 6 rings (SSSR count). The molecule has 0 bridgehead atoms. The molecule has 0 aromatic heterocycles. The van der Waals surface area contributed by atoms with Crippen LogP contribution in [0.25, 0.3) is 0 Å². The molecule has 210 valence electrons. The maximum absolute atomic E-state index is 10.3. The van der Waals surface area contributed by atoms with Crippen LogP contribution >= 0.6 is 0 Å². The van der Waals surface area contributed by atoms with Crippen molar-refractivity contribution >= 4 is 23.3 Å². The van der Waals surface area contributed by atoms with Crippen molar-refractivity contribution in [2.45, 2.75) is 64.2 Å². The molecule has 4 fully saturated rings. The molecule has 10 radical (unpaired) electrons. The van der Waals surface area contributed by atoms with E-state index in [1.54, 1.807) is 59.8 Å². The SMILES string of the molecule is Nc1ccc(C(=O)O)cc1.Nc1ccc(C(=O)O)cc1.[CH]1[CH][C](CC[C]2[CH][CH][C]3CCCC[C]32)[C]2CCCC[C]12.[Ti+2]. The van der Waals surface area contributed by atoms with Gasteiger partial charge in [-0.1, -0.05) is 25.7 Å². The summed E-state index contributed by atoms with van der Waals surface area (Å²) in [4.78, 5) is 20.5. The van der Waals surface area contributed by atoms with Gasteiger partial charge in [-0.2, -0.15) is 0 Å². The molecule has 7 heteroatoms. The zero-order valence-electron chi connectivity index (χ0n) is 23.4. The summed E-state index contributed by atoms with van der Waals surface area (Å²) in [6.45, 7) is 0. The Morgan fingerprint density at radius 2 is 0.902 bits per heavy atom. The standard InChI is InChI=1S/C20H24.2C7H7NO2.Ti/c1-3-7-19-15(5-1)9-11-17(19)13-14-18-12-10-16-6-2-4-8-20(16)18;2*8-6-3-1-5(2-4-6)7(9)10;/h9-12H,1-8,13-14H2;2*1-4H,8H2,(H,9,10);/q;;;+2. The Balaban J connectivity index is 0.000000187. The van der Waals surface area contributed by atoms with E-state index in [0.717, 1.165) is 0 Å². The molecule has 6 N–H and O–H groups in total. The predicted octanol–water partition coefficient (Wildman–Crippen LogP) is 7.14. The Labute approximate surface area is 260 Å². The predicted molar refractivity (Wildman–Crippen MR) is 158 cm³/mol. The third-order valence-corrected chi connectivity index (χ3v) is 7.75. The fourth-order valence-corrected chi connectivity index (χ4v) is 5.55. The van der Waals surface area contributed by atoms with Crippen LogP contribution in [-0.4, -0.2) is 22.2 Å². The number of hydrogen-bond acceptors (Lipinski definition) is 4. The number of carbonyl (C=O) groups is 2. The molecule has 0 atom stereocenters. The summed E-state index contributed by atoms with van der Waals surface area (Å²) in [5, 5.41) is 16.9. The molecule has 2 aromatic rings. The first-order valence-electron chi connectivity index (χ1n) is 14.0. The van der Waals surface area contributed by atoms with Gasteiger partial charge in [-0.3, -0.25) is 0 Å². The Kier molecular flexibility index (Phi) is 13.2. The molecular formula is C34H38N2O4Ti+2. The van der Waals surface area contributed by atoms with Gasteiger partial charge >= 0.3 is 33.7 Å². The third-order valence-electron chi connectivity index (χ3n) is 7.75. The molecule has 0 aliphatic heterocycles. The van der Waals surface area contributed by atoms with Crippen LogP contribution in [0.3, 0.4) is 0 Å². The van der Waals surface area contributed by atoms with Gasteiger partial charge in [0.05, 0.1) is 11.1 Å². The van der Waals surface area contributed by atoms with Gasteiger partial charge < -0.3 is 21.7 Å². The minimum atomic E-state index is -0.931. The largest absolute Gasteiger partial charge is 2.00 e. The van der Waals surface area contributed by atoms with Crippen molar-refractivity contribution in [3.8, 4) is 0 Å². The van der Waals surface area contributed by atoms with Crippen molar-refractivity contribution < 1.29 is 41.5 Å². The van der Waals surface area contributed by atoms with E-state index in [0.29, 0.717) is 11.4 Å². The second-order valence-corrected chi connectivity index (χ2v) is 10.5. The third kappa shape index (κ3) is 9.61. The normalized spacial score (nSPS) is 20.0. The van der Waals surface area contributed by atoms with Crippen LogP contribution in [0.5, 0.6) is 0 Å². The van der Waals surface area contributed by atoms with Crippen LogP contribution in [0.2, 0.25) is 0 Å². The number of anilines is 2. The number of hydrogen-bond donors (Lipinski definition) is 4. The van der Waals surface area contributed by atoms with Gasteiger partial charge in [0, 0.05) is 11.4 Å². The van der Waals surface area contributed by atoms with Crippen molar-refractivity contribution in [3.05, 3.63) is 121 Å². The number of carboxylic acids is 2. The van der Waals surface area contributed by atoms with Crippen LogP contribution in [0.1, 0.15) is 84.9 Å². The number of nitrogen functional groups attached to an aromatic ring is 2. The van der Waals surface area contributed by atoms with Crippen LogP contribution in [0.15, 0.2) is 48.5 Å². The van der Waals surface area contributed by atoms with Crippen LogP contribution in [-0.2, 0) is 21.7 Å².